The van der Waals surface area contributed by atoms with E-state index in [0.717, 1.165) is 44.9 Å². The van der Waals surface area contributed by atoms with Crippen LogP contribution >= 0.6 is 0 Å². The zero-order valence-electron chi connectivity index (χ0n) is 15.9. The number of carboxylic acids is 1. The highest BCUT2D eigenvalue weighted by molar-refractivity contribution is 7.89. The summed E-state index contributed by atoms with van der Waals surface area (Å²) in [6, 6.07) is 0. The monoisotopic (exact) mass is 379 g/mol. The van der Waals surface area contributed by atoms with Crippen LogP contribution in [0.5, 0.6) is 0 Å². The molecule has 0 aromatic carbocycles. The van der Waals surface area contributed by atoms with Crippen LogP contribution in [0.3, 0.4) is 0 Å². The summed E-state index contributed by atoms with van der Waals surface area (Å²) in [7, 11) is -3.26. The highest BCUT2D eigenvalue weighted by atomic mass is 32.2. The predicted molar refractivity (Wildman–Crippen MR) is 101 cm³/mol. The van der Waals surface area contributed by atoms with Crippen LogP contribution in [0.2, 0.25) is 0 Å². The summed E-state index contributed by atoms with van der Waals surface area (Å²) < 4.78 is 26.5. The van der Waals surface area contributed by atoms with E-state index in [4.69, 9.17) is 5.11 Å². The molecule has 6 nitrogen and oxygen atoms in total. The van der Waals surface area contributed by atoms with Crippen molar-refractivity contribution in [1.82, 2.24) is 4.72 Å². The smallest absolute Gasteiger partial charge is 0.303 e. The number of aliphatic carboxylic acids is 1. The Hall–Kier alpha value is -0.660. The molecule has 7 heteroatoms. The molecule has 3 N–H and O–H groups in total. The van der Waals surface area contributed by atoms with Crippen molar-refractivity contribution in [3.8, 4) is 0 Å². The molecular formula is C18H37NO5S. The number of hydrogen-bond acceptors (Lipinski definition) is 4. The van der Waals surface area contributed by atoms with E-state index in [9.17, 15) is 18.3 Å². The van der Waals surface area contributed by atoms with Crippen LogP contribution < -0.4 is 4.72 Å². The van der Waals surface area contributed by atoms with E-state index in [1.807, 2.05) is 0 Å². The molecule has 0 aromatic rings. The summed E-state index contributed by atoms with van der Waals surface area (Å²) in [6.07, 6.45) is 8.52. The van der Waals surface area contributed by atoms with Crippen LogP contribution in [-0.4, -0.2) is 42.5 Å². The maximum absolute atomic E-state index is 11.9. The van der Waals surface area contributed by atoms with Gasteiger partial charge in [-0.15, -0.1) is 0 Å². The number of nitrogens with one attached hydrogen (secondary N) is 1. The Morgan fingerprint density at radius 3 is 2.08 bits per heavy atom. The van der Waals surface area contributed by atoms with E-state index < -0.39 is 21.6 Å². The zero-order chi connectivity index (χ0) is 19.2. The van der Waals surface area contributed by atoms with Gasteiger partial charge in [-0.25, -0.2) is 13.1 Å². The Balaban J connectivity index is 3.84. The van der Waals surface area contributed by atoms with Crippen molar-refractivity contribution in [3.63, 3.8) is 0 Å². The minimum atomic E-state index is -3.26. The van der Waals surface area contributed by atoms with E-state index in [1.54, 1.807) is 0 Å². The number of hydrogen-bond donors (Lipinski definition) is 3. The molecule has 25 heavy (non-hydrogen) atoms. The molecule has 0 bridgehead atoms. The Labute approximate surface area is 153 Å². The second-order valence-corrected chi connectivity index (χ2v) is 8.88. The van der Waals surface area contributed by atoms with E-state index in [1.165, 1.54) is 0 Å². The first-order chi connectivity index (χ1) is 11.7. The second kappa shape index (κ2) is 13.5. The van der Waals surface area contributed by atoms with Gasteiger partial charge in [0.1, 0.15) is 0 Å². The van der Waals surface area contributed by atoms with Crippen LogP contribution in [0.25, 0.3) is 0 Å². The third kappa shape index (κ3) is 14.2. The molecule has 0 saturated carbocycles. The van der Waals surface area contributed by atoms with Gasteiger partial charge in [0.05, 0.1) is 11.4 Å². The topological polar surface area (TPSA) is 104 Å². The summed E-state index contributed by atoms with van der Waals surface area (Å²) in [4.78, 5) is 10.4. The molecule has 0 aliphatic heterocycles. The van der Waals surface area contributed by atoms with Gasteiger partial charge in [-0.1, -0.05) is 39.5 Å². The number of aliphatic hydroxyl groups is 1. The van der Waals surface area contributed by atoms with Crippen LogP contribution in [-0.2, 0) is 14.8 Å². The number of carboxylic acid groups (broad SMARTS) is 1. The van der Waals surface area contributed by atoms with Crippen molar-refractivity contribution >= 4 is 16.0 Å². The van der Waals surface area contributed by atoms with Crippen molar-refractivity contribution in [2.24, 2.45) is 0 Å². The molecule has 0 radical (unpaired) electrons. The Morgan fingerprint density at radius 1 is 0.920 bits per heavy atom. The summed E-state index contributed by atoms with van der Waals surface area (Å²) in [6.45, 7) is 4.51. The molecule has 0 aliphatic rings. The summed E-state index contributed by atoms with van der Waals surface area (Å²) in [5.41, 5.74) is -0.642. The molecule has 0 aliphatic carbocycles. The summed E-state index contributed by atoms with van der Waals surface area (Å²) in [5.74, 6) is -0.689. The van der Waals surface area contributed by atoms with Gasteiger partial charge in [-0.05, 0) is 44.9 Å². The molecular weight excluding hydrogens is 342 g/mol. The molecule has 0 amide bonds. The van der Waals surface area contributed by atoms with Crippen LogP contribution in [0, 0.1) is 0 Å². The van der Waals surface area contributed by atoms with Crippen molar-refractivity contribution in [1.29, 1.82) is 0 Å². The number of unbranched alkanes of at least 4 members (excludes halogenated alkanes) is 4. The first-order valence-corrected chi connectivity index (χ1v) is 11.3. The van der Waals surface area contributed by atoms with Crippen molar-refractivity contribution in [3.05, 3.63) is 0 Å². The molecule has 0 spiro atoms. The molecule has 0 fully saturated rings. The van der Waals surface area contributed by atoms with Crippen molar-refractivity contribution < 1.29 is 23.4 Å². The molecule has 0 atom stereocenters. The highest BCUT2D eigenvalue weighted by Crippen LogP contribution is 2.25. The van der Waals surface area contributed by atoms with Gasteiger partial charge in [-0.3, -0.25) is 4.79 Å². The van der Waals surface area contributed by atoms with Crippen LogP contribution in [0.4, 0.5) is 0 Å². The first kappa shape index (κ1) is 24.3. The van der Waals surface area contributed by atoms with Gasteiger partial charge >= 0.3 is 5.97 Å². The fourth-order valence-electron chi connectivity index (χ4n) is 3.11. The molecule has 0 rings (SSSR count). The number of carbonyl (C=O) groups is 1. The van der Waals surface area contributed by atoms with Gasteiger partial charge in [0, 0.05) is 13.0 Å². The largest absolute Gasteiger partial charge is 0.481 e. The third-order valence-corrected chi connectivity index (χ3v) is 5.85. The Kier molecular flexibility index (Phi) is 13.2. The normalized spacial score (nSPS) is 12.4. The van der Waals surface area contributed by atoms with E-state index in [0.29, 0.717) is 32.2 Å². The molecule has 0 aromatic heterocycles. The zero-order valence-corrected chi connectivity index (χ0v) is 16.7. The van der Waals surface area contributed by atoms with E-state index in [-0.39, 0.29) is 12.2 Å². The molecule has 0 heterocycles. The van der Waals surface area contributed by atoms with Crippen LogP contribution in [0.1, 0.15) is 90.9 Å². The quantitative estimate of drug-likeness (QED) is 0.336. The lowest BCUT2D eigenvalue weighted by molar-refractivity contribution is -0.137. The predicted octanol–water partition coefficient (Wildman–Crippen LogP) is 3.44. The van der Waals surface area contributed by atoms with Gasteiger partial charge < -0.3 is 10.2 Å². The highest BCUT2D eigenvalue weighted by Gasteiger charge is 2.24. The lowest BCUT2D eigenvalue weighted by Gasteiger charge is -2.27. The Bertz CT molecular complexity index is 444. The van der Waals surface area contributed by atoms with E-state index in [2.05, 4.69) is 18.6 Å². The average molecular weight is 380 g/mol. The SMILES string of the molecule is CCCC(O)(CCC)CCCCS(=O)(=O)NCCCCCCC(=O)O. The van der Waals surface area contributed by atoms with Gasteiger partial charge in [0.2, 0.25) is 10.0 Å². The lowest BCUT2D eigenvalue weighted by Crippen LogP contribution is -2.29. The maximum atomic E-state index is 11.9. The summed E-state index contributed by atoms with van der Waals surface area (Å²) in [5, 5.41) is 19.0. The fraction of sp³-hybridized carbons (Fsp3) is 0.944. The van der Waals surface area contributed by atoms with Gasteiger partial charge in [0.15, 0.2) is 0 Å². The lowest BCUT2D eigenvalue weighted by atomic mass is 9.88. The molecule has 0 unspecified atom stereocenters. The fourth-order valence-corrected chi connectivity index (χ4v) is 4.29. The van der Waals surface area contributed by atoms with Crippen molar-refractivity contribution in [2.45, 2.75) is 96.5 Å². The number of rotatable bonds is 17. The first-order valence-electron chi connectivity index (χ1n) is 9.66. The van der Waals surface area contributed by atoms with Gasteiger partial charge in [0.25, 0.3) is 0 Å². The van der Waals surface area contributed by atoms with Crippen LogP contribution in [0.15, 0.2) is 0 Å². The van der Waals surface area contributed by atoms with Crippen molar-refractivity contribution in [2.75, 3.05) is 12.3 Å². The van der Waals surface area contributed by atoms with Gasteiger partial charge in [-0.2, -0.15) is 0 Å². The standard InChI is InChI=1S/C18H37NO5S/c1-3-12-18(22,13-4-2)14-8-10-16-25(23,24)19-15-9-6-5-7-11-17(20)21/h19,22H,3-16H2,1-2H3,(H,20,21). The number of sulfonamides is 1. The third-order valence-electron chi connectivity index (χ3n) is 4.38. The second-order valence-electron chi connectivity index (χ2n) is 6.95. The Morgan fingerprint density at radius 2 is 1.52 bits per heavy atom. The molecule has 0 saturated heterocycles. The minimum absolute atomic E-state index is 0.0976. The van der Waals surface area contributed by atoms with E-state index >= 15 is 0 Å². The molecule has 150 valence electrons. The average Bonchev–Trinajstić information content (AvgIpc) is 2.51. The minimum Gasteiger partial charge on any atom is -0.481 e. The maximum Gasteiger partial charge on any atom is 0.303 e. The summed E-state index contributed by atoms with van der Waals surface area (Å²) >= 11 is 0.